The Morgan fingerprint density at radius 3 is 2.63 bits per heavy atom. The average molecular weight is 421 g/mol. The number of hydrazone groups is 1. The highest BCUT2D eigenvalue weighted by Crippen LogP contribution is 2.23. The number of amides is 1. The van der Waals surface area contributed by atoms with Crippen LogP contribution in [0, 0.1) is 5.82 Å². The number of benzene rings is 3. The SMILES string of the molecule is O=C(NN=Cc1ccc(Oc2nc(Cl)ncc2F)cc1)c1ccc2ccccc2c1. The Bertz CT molecular complexity index is 1250. The molecule has 30 heavy (non-hydrogen) atoms. The minimum atomic E-state index is -0.721. The molecule has 6 nitrogen and oxygen atoms in total. The van der Waals surface area contributed by atoms with Crippen LogP contribution in [0.15, 0.2) is 78.0 Å². The number of ether oxygens (including phenoxy) is 1. The van der Waals surface area contributed by atoms with Crippen LogP contribution >= 0.6 is 11.6 Å². The van der Waals surface area contributed by atoms with Crippen LogP contribution < -0.4 is 10.2 Å². The van der Waals surface area contributed by atoms with Gasteiger partial charge in [0, 0.05) is 5.56 Å². The number of hydrogen-bond acceptors (Lipinski definition) is 5. The molecule has 0 aliphatic heterocycles. The summed E-state index contributed by atoms with van der Waals surface area (Å²) in [5.74, 6) is -0.936. The van der Waals surface area contributed by atoms with E-state index in [-0.39, 0.29) is 17.1 Å². The van der Waals surface area contributed by atoms with Gasteiger partial charge in [-0.2, -0.15) is 14.5 Å². The molecule has 0 radical (unpaired) electrons. The summed E-state index contributed by atoms with van der Waals surface area (Å²) in [6, 6.07) is 19.9. The normalized spacial score (nSPS) is 11.0. The lowest BCUT2D eigenvalue weighted by Crippen LogP contribution is -2.17. The number of aromatic nitrogens is 2. The monoisotopic (exact) mass is 420 g/mol. The molecule has 0 saturated heterocycles. The van der Waals surface area contributed by atoms with Gasteiger partial charge in [-0.1, -0.05) is 30.3 Å². The van der Waals surface area contributed by atoms with E-state index < -0.39 is 5.82 Å². The fraction of sp³-hybridized carbons (Fsp3) is 0. The average Bonchev–Trinajstić information content (AvgIpc) is 2.77. The number of rotatable bonds is 5. The van der Waals surface area contributed by atoms with Crippen LogP contribution in [0.1, 0.15) is 15.9 Å². The van der Waals surface area contributed by atoms with Crippen LogP contribution in [0.2, 0.25) is 5.28 Å². The molecule has 4 aromatic rings. The van der Waals surface area contributed by atoms with E-state index >= 15 is 0 Å². The van der Waals surface area contributed by atoms with Crippen molar-refractivity contribution in [2.75, 3.05) is 0 Å². The molecule has 0 bridgehead atoms. The van der Waals surface area contributed by atoms with Crippen molar-refractivity contribution in [3.8, 4) is 11.6 Å². The zero-order chi connectivity index (χ0) is 20.9. The molecule has 0 saturated carbocycles. The molecule has 0 unspecified atom stereocenters. The molecule has 1 heterocycles. The van der Waals surface area contributed by atoms with Gasteiger partial charge in [-0.05, 0) is 64.3 Å². The number of hydrogen-bond donors (Lipinski definition) is 1. The topological polar surface area (TPSA) is 76.5 Å². The number of nitrogens with one attached hydrogen (secondary N) is 1. The molecular formula is C22H14ClFN4O2. The van der Waals surface area contributed by atoms with Gasteiger partial charge in [0.25, 0.3) is 11.8 Å². The first kappa shape index (κ1) is 19.5. The first-order chi connectivity index (χ1) is 14.6. The van der Waals surface area contributed by atoms with E-state index in [9.17, 15) is 9.18 Å². The highest BCUT2D eigenvalue weighted by molar-refractivity contribution is 6.28. The van der Waals surface area contributed by atoms with Gasteiger partial charge in [-0.25, -0.2) is 10.4 Å². The summed E-state index contributed by atoms with van der Waals surface area (Å²) in [6.45, 7) is 0. The zero-order valence-corrected chi connectivity index (χ0v) is 16.2. The van der Waals surface area contributed by atoms with Gasteiger partial charge in [0.1, 0.15) is 5.75 Å². The second kappa shape index (κ2) is 8.67. The van der Waals surface area contributed by atoms with Crippen molar-refractivity contribution in [1.82, 2.24) is 15.4 Å². The standard InChI is InChI=1S/C22H14ClFN4O2/c23-22-25-13-19(24)21(27-22)30-18-9-5-14(6-10-18)12-26-28-20(29)17-8-7-15-3-1-2-4-16(15)11-17/h1-13H,(H,28,29). The fourth-order valence-electron chi connectivity index (χ4n) is 2.70. The minimum Gasteiger partial charge on any atom is -0.436 e. The fourth-order valence-corrected chi connectivity index (χ4v) is 2.82. The first-order valence-corrected chi connectivity index (χ1v) is 9.24. The molecule has 148 valence electrons. The number of halogens is 2. The summed E-state index contributed by atoms with van der Waals surface area (Å²) in [6.07, 6.45) is 2.43. The number of carbonyl (C=O) groups is 1. The molecule has 0 aliphatic carbocycles. The minimum absolute atomic E-state index is 0.114. The van der Waals surface area contributed by atoms with Gasteiger partial charge in [0.15, 0.2) is 0 Å². The van der Waals surface area contributed by atoms with Crippen LogP contribution in [0.3, 0.4) is 0 Å². The summed E-state index contributed by atoms with van der Waals surface area (Å²) in [4.78, 5) is 19.5. The van der Waals surface area contributed by atoms with Crippen molar-refractivity contribution < 1.29 is 13.9 Å². The second-order valence-corrected chi connectivity index (χ2v) is 6.56. The molecule has 4 rings (SSSR count). The largest absolute Gasteiger partial charge is 0.436 e. The van der Waals surface area contributed by atoms with Crippen LogP contribution in [0.4, 0.5) is 4.39 Å². The molecule has 8 heteroatoms. The lowest BCUT2D eigenvalue weighted by Gasteiger charge is -2.05. The molecule has 0 atom stereocenters. The molecule has 0 aliphatic rings. The van der Waals surface area contributed by atoms with Crippen molar-refractivity contribution in [3.63, 3.8) is 0 Å². The smallest absolute Gasteiger partial charge is 0.271 e. The van der Waals surface area contributed by atoms with Gasteiger partial charge >= 0.3 is 0 Å². The Morgan fingerprint density at radius 2 is 1.83 bits per heavy atom. The van der Waals surface area contributed by atoms with Crippen LogP contribution in [0.25, 0.3) is 10.8 Å². The van der Waals surface area contributed by atoms with Crippen molar-refractivity contribution >= 4 is 34.5 Å². The third kappa shape index (κ3) is 4.59. The first-order valence-electron chi connectivity index (χ1n) is 8.87. The maximum atomic E-state index is 13.6. The summed E-state index contributed by atoms with van der Waals surface area (Å²) in [5, 5.41) is 5.90. The Labute approximate surface area is 176 Å². The number of fused-ring (bicyclic) bond motifs is 1. The van der Waals surface area contributed by atoms with E-state index in [1.807, 2.05) is 36.4 Å². The van der Waals surface area contributed by atoms with Crippen molar-refractivity contribution in [2.45, 2.75) is 0 Å². The van der Waals surface area contributed by atoms with E-state index in [1.165, 1.54) is 6.21 Å². The molecule has 0 fully saturated rings. The number of carbonyl (C=O) groups excluding carboxylic acids is 1. The summed E-state index contributed by atoms with van der Waals surface area (Å²) in [5.41, 5.74) is 3.72. The Morgan fingerprint density at radius 1 is 1.07 bits per heavy atom. The van der Waals surface area contributed by atoms with E-state index in [0.717, 1.165) is 17.0 Å². The summed E-state index contributed by atoms with van der Waals surface area (Å²) >= 11 is 5.64. The van der Waals surface area contributed by atoms with Crippen LogP contribution in [0.5, 0.6) is 11.6 Å². The predicted octanol–water partition coefficient (Wildman–Crippen LogP) is 4.98. The molecule has 0 spiro atoms. The zero-order valence-electron chi connectivity index (χ0n) is 15.4. The van der Waals surface area contributed by atoms with Gasteiger partial charge in [0.2, 0.25) is 11.1 Å². The molecule has 1 aromatic heterocycles. The van der Waals surface area contributed by atoms with Crippen LogP contribution in [-0.4, -0.2) is 22.1 Å². The lowest BCUT2D eigenvalue weighted by molar-refractivity contribution is 0.0955. The van der Waals surface area contributed by atoms with E-state index in [2.05, 4.69) is 20.5 Å². The molecule has 1 amide bonds. The predicted molar refractivity (Wildman–Crippen MR) is 113 cm³/mol. The van der Waals surface area contributed by atoms with Gasteiger partial charge in [-0.15, -0.1) is 0 Å². The summed E-state index contributed by atoms with van der Waals surface area (Å²) < 4.78 is 19.0. The van der Waals surface area contributed by atoms with E-state index in [4.69, 9.17) is 16.3 Å². The Balaban J connectivity index is 1.39. The van der Waals surface area contributed by atoms with Gasteiger partial charge in [-0.3, -0.25) is 4.79 Å². The molecular weight excluding hydrogens is 407 g/mol. The third-order valence-corrected chi connectivity index (χ3v) is 4.35. The van der Waals surface area contributed by atoms with Crippen molar-refractivity contribution in [3.05, 3.63) is 95.2 Å². The van der Waals surface area contributed by atoms with Gasteiger partial charge < -0.3 is 4.74 Å². The second-order valence-electron chi connectivity index (χ2n) is 6.22. The quantitative estimate of drug-likeness (QED) is 0.280. The summed E-state index contributed by atoms with van der Waals surface area (Å²) in [7, 11) is 0. The Kier molecular flexibility index (Phi) is 5.63. The molecule has 1 N–H and O–H groups in total. The molecule has 3 aromatic carbocycles. The van der Waals surface area contributed by atoms with Crippen LogP contribution in [-0.2, 0) is 0 Å². The van der Waals surface area contributed by atoms with Gasteiger partial charge in [0.05, 0.1) is 12.4 Å². The third-order valence-electron chi connectivity index (χ3n) is 4.17. The number of nitrogens with zero attached hydrogens (tertiary/aromatic N) is 3. The lowest BCUT2D eigenvalue weighted by atomic mass is 10.1. The Hall–Kier alpha value is -3.84. The maximum Gasteiger partial charge on any atom is 0.271 e. The highest BCUT2D eigenvalue weighted by Gasteiger charge is 2.08. The highest BCUT2D eigenvalue weighted by atomic mass is 35.5. The van der Waals surface area contributed by atoms with E-state index in [1.54, 1.807) is 30.3 Å². The van der Waals surface area contributed by atoms with Crippen molar-refractivity contribution in [1.29, 1.82) is 0 Å². The van der Waals surface area contributed by atoms with Crippen molar-refractivity contribution in [2.24, 2.45) is 5.10 Å². The maximum absolute atomic E-state index is 13.6. The van der Waals surface area contributed by atoms with E-state index in [0.29, 0.717) is 16.9 Å².